The highest BCUT2D eigenvalue weighted by atomic mass is 16.5. The van der Waals surface area contributed by atoms with E-state index in [1.165, 1.54) is 13.5 Å². The second-order valence-electron chi connectivity index (χ2n) is 6.16. The van der Waals surface area contributed by atoms with Crippen molar-refractivity contribution in [1.82, 2.24) is 9.88 Å². The molecular weight excluding hydrogens is 280 g/mol. The van der Waals surface area contributed by atoms with Gasteiger partial charge in [0.1, 0.15) is 0 Å². The summed E-state index contributed by atoms with van der Waals surface area (Å²) in [6.07, 6.45) is 9.63. The Bertz CT molecular complexity index is 579. The minimum atomic E-state index is -0.351. The van der Waals surface area contributed by atoms with Crippen molar-refractivity contribution < 1.29 is 14.3 Å². The van der Waals surface area contributed by atoms with Crippen LogP contribution < -0.4 is 0 Å². The van der Waals surface area contributed by atoms with Crippen LogP contribution in [-0.2, 0) is 22.5 Å². The van der Waals surface area contributed by atoms with Crippen molar-refractivity contribution in [2.75, 3.05) is 13.7 Å². The van der Waals surface area contributed by atoms with Crippen LogP contribution in [0, 0.1) is 5.92 Å². The molecule has 1 aromatic rings. The number of hydrogen-bond donors (Lipinski definition) is 0. The molecule has 5 nitrogen and oxygen atoms in total. The van der Waals surface area contributed by atoms with E-state index >= 15 is 0 Å². The number of carbonyl (C=O) groups excluding carboxylic acids is 2. The van der Waals surface area contributed by atoms with Crippen LogP contribution in [0.1, 0.15) is 53.6 Å². The number of hydrogen-bond acceptors (Lipinski definition) is 4. The second kappa shape index (κ2) is 6.46. The predicted molar refractivity (Wildman–Crippen MR) is 81.3 cm³/mol. The highest BCUT2D eigenvalue weighted by molar-refractivity contribution is 5.91. The molecule has 1 aliphatic heterocycles. The first-order valence-corrected chi connectivity index (χ1v) is 8.03. The van der Waals surface area contributed by atoms with Gasteiger partial charge < -0.3 is 9.64 Å². The minimum Gasteiger partial charge on any atom is -0.465 e. The Balaban J connectivity index is 1.76. The zero-order valence-corrected chi connectivity index (χ0v) is 13.0. The van der Waals surface area contributed by atoms with Crippen LogP contribution in [0.25, 0.3) is 0 Å². The van der Waals surface area contributed by atoms with E-state index in [1.807, 2.05) is 4.90 Å². The number of rotatable bonds is 2. The van der Waals surface area contributed by atoms with Gasteiger partial charge >= 0.3 is 5.97 Å². The molecule has 1 aromatic heterocycles. The Kier molecular flexibility index (Phi) is 4.41. The maximum absolute atomic E-state index is 12.7. The third kappa shape index (κ3) is 2.85. The fourth-order valence-electron chi connectivity index (χ4n) is 3.58. The fraction of sp³-hybridized carbons (Fsp3) is 0.588. The molecule has 5 heteroatoms. The molecular formula is C17H22N2O3. The van der Waals surface area contributed by atoms with E-state index in [-0.39, 0.29) is 17.8 Å². The van der Waals surface area contributed by atoms with Gasteiger partial charge in [0, 0.05) is 31.4 Å². The molecule has 2 aliphatic rings. The summed E-state index contributed by atoms with van der Waals surface area (Å²) in [7, 11) is 1.38. The number of carbonyl (C=O) groups is 2. The average Bonchev–Trinajstić information content (AvgIpc) is 2.60. The summed E-state index contributed by atoms with van der Waals surface area (Å²) >= 11 is 0. The summed E-state index contributed by atoms with van der Waals surface area (Å²) in [5.74, 6) is 0.109. The summed E-state index contributed by atoms with van der Waals surface area (Å²) in [4.78, 5) is 30.5. The summed E-state index contributed by atoms with van der Waals surface area (Å²) < 4.78 is 4.81. The van der Waals surface area contributed by atoms with Gasteiger partial charge in [0.05, 0.1) is 12.7 Å². The quantitative estimate of drug-likeness (QED) is 0.787. The molecule has 2 heterocycles. The molecule has 1 fully saturated rings. The molecule has 0 N–H and O–H groups in total. The molecule has 0 atom stereocenters. The van der Waals surface area contributed by atoms with Crippen molar-refractivity contribution in [3.05, 3.63) is 29.1 Å². The van der Waals surface area contributed by atoms with Gasteiger partial charge in [0.2, 0.25) is 5.91 Å². The van der Waals surface area contributed by atoms with Gasteiger partial charge in [0.15, 0.2) is 0 Å². The molecule has 1 aliphatic carbocycles. The third-order valence-corrected chi connectivity index (χ3v) is 4.81. The van der Waals surface area contributed by atoms with Crippen LogP contribution in [0.15, 0.2) is 12.4 Å². The Morgan fingerprint density at radius 1 is 1.23 bits per heavy atom. The van der Waals surface area contributed by atoms with Crippen LogP contribution >= 0.6 is 0 Å². The minimum absolute atomic E-state index is 0.187. The lowest BCUT2D eigenvalue weighted by Gasteiger charge is -2.33. The second-order valence-corrected chi connectivity index (χ2v) is 6.16. The first-order valence-electron chi connectivity index (χ1n) is 8.03. The third-order valence-electron chi connectivity index (χ3n) is 4.81. The Hall–Kier alpha value is -1.91. The molecule has 22 heavy (non-hydrogen) atoms. The zero-order chi connectivity index (χ0) is 15.5. The molecule has 0 aromatic carbocycles. The SMILES string of the molecule is COC(=O)c1cncc2c1CCN(C(=O)C1CCCCC1)C2. The van der Waals surface area contributed by atoms with E-state index in [1.54, 1.807) is 12.4 Å². The molecule has 118 valence electrons. The van der Waals surface area contributed by atoms with Gasteiger partial charge in [-0.25, -0.2) is 4.79 Å². The maximum Gasteiger partial charge on any atom is 0.339 e. The monoisotopic (exact) mass is 302 g/mol. The first-order chi connectivity index (χ1) is 10.7. The normalized spacial score (nSPS) is 18.7. The number of esters is 1. The van der Waals surface area contributed by atoms with E-state index in [0.29, 0.717) is 25.1 Å². The van der Waals surface area contributed by atoms with E-state index in [0.717, 1.165) is 36.8 Å². The lowest BCUT2D eigenvalue weighted by Crippen LogP contribution is -2.40. The predicted octanol–water partition coefficient (Wildman–Crippen LogP) is 2.33. The van der Waals surface area contributed by atoms with E-state index in [9.17, 15) is 9.59 Å². The van der Waals surface area contributed by atoms with Gasteiger partial charge in [-0.3, -0.25) is 9.78 Å². The van der Waals surface area contributed by atoms with Crippen molar-refractivity contribution in [2.24, 2.45) is 5.92 Å². The van der Waals surface area contributed by atoms with Crippen molar-refractivity contribution in [2.45, 2.75) is 45.1 Å². The van der Waals surface area contributed by atoms with Gasteiger partial charge in [-0.15, -0.1) is 0 Å². The Labute approximate surface area is 130 Å². The number of methoxy groups -OCH3 is 1. The molecule has 0 unspecified atom stereocenters. The molecule has 0 saturated heterocycles. The fourth-order valence-corrected chi connectivity index (χ4v) is 3.58. The first kappa shape index (κ1) is 15.0. The van der Waals surface area contributed by atoms with Gasteiger partial charge in [0.25, 0.3) is 0 Å². The molecule has 1 saturated carbocycles. The summed E-state index contributed by atoms with van der Waals surface area (Å²) in [5.41, 5.74) is 2.48. The molecule has 0 spiro atoms. The van der Waals surface area contributed by atoms with Gasteiger partial charge in [-0.05, 0) is 30.4 Å². The molecule has 0 bridgehead atoms. The van der Waals surface area contributed by atoms with E-state index < -0.39 is 0 Å². The smallest absolute Gasteiger partial charge is 0.339 e. The molecule has 1 amide bonds. The number of fused-ring (bicyclic) bond motifs is 1. The number of ether oxygens (including phenoxy) is 1. The Morgan fingerprint density at radius 3 is 2.73 bits per heavy atom. The molecule has 0 radical (unpaired) electrons. The average molecular weight is 302 g/mol. The van der Waals surface area contributed by atoms with E-state index in [2.05, 4.69) is 4.98 Å². The topological polar surface area (TPSA) is 59.5 Å². The number of nitrogens with zero attached hydrogens (tertiary/aromatic N) is 2. The lowest BCUT2D eigenvalue weighted by atomic mass is 9.87. The van der Waals surface area contributed by atoms with E-state index in [4.69, 9.17) is 4.74 Å². The maximum atomic E-state index is 12.7. The van der Waals surface area contributed by atoms with Crippen LogP contribution in [0.2, 0.25) is 0 Å². The van der Waals surface area contributed by atoms with Crippen LogP contribution in [0.3, 0.4) is 0 Å². The number of amides is 1. The summed E-state index contributed by atoms with van der Waals surface area (Å²) in [6, 6.07) is 0. The number of pyridine rings is 1. The largest absolute Gasteiger partial charge is 0.465 e. The van der Waals surface area contributed by atoms with Crippen molar-refractivity contribution in [3.8, 4) is 0 Å². The highest BCUT2D eigenvalue weighted by Gasteiger charge is 2.30. The zero-order valence-electron chi connectivity index (χ0n) is 13.0. The van der Waals surface area contributed by atoms with Crippen molar-refractivity contribution in [1.29, 1.82) is 0 Å². The summed E-state index contributed by atoms with van der Waals surface area (Å²) in [6.45, 7) is 1.23. The van der Waals surface area contributed by atoms with Crippen molar-refractivity contribution in [3.63, 3.8) is 0 Å². The highest BCUT2D eigenvalue weighted by Crippen LogP contribution is 2.28. The summed E-state index contributed by atoms with van der Waals surface area (Å²) in [5, 5.41) is 0. The Morgan fingerprint density at radius 2 is 2.00 bits per heavy atom. The van der Waals surface area contributed by atoms with Gasteiger partial charge in [-0.2, -0.15) is 0 Å². The van der Waals surface area contributed by atoms with Crippen LogP contribution in [-0.4, -0.2) is 35.4 Å². The molecule has 3 rings (SSSR count). The standard InChI is InChI=1S/C17H22N2O3/c1-22-17(21)15-10-18-9-13-11-19(8-7-14(13)15)16(20)12-5-3-2-4-6-12/h9-10,12H,2-8,11H2,1H3. The van der Waals surface area contributed by atoms with Gasteiger partial charge in [-0.1, -0.05) is 19.3 Å². The lowest BCUT2D eigenvalue weighted by molar-refractivity contribution is -0.137. The van der Waals surface area contributed by atoms with Crippen molar-refractivity contribution >= 4 is 11.9 Å². The van der Waals surface area contributed by atoms with Crippen LogP contribution in [0.5, 0.6) is 0 Å². The van der Waals surface area contributed by atoms with Crippen LogP contribution in [0.4, 0.5) is 0 Å². The number of aromatic nitrogens is 1.